The van der Waals surface area contributed by atoms with Crippen LogP contribution in [0.25, 0.3) is 11.4 Å². The predicted octanol–water partition coefficient (Wildman–Crippen LogP) is 1.28. The van der Waals surface area contributed by atoms with Gasteiger partial charge in [0.1, 0.15) is 5.75 Å². The van der Waals surface area contributed by atoms with Crippen LogP contribution in [-0.4, -0.2) is 40.5 Å². The third-order valence-electron chi connectivity index (χ3n) is 3.71. The van der Waals surface area contributed by atoms with Gasteiger partial charge in [0.05, 0.1) is 24.8 Å². The number of nitrogen functional groups attached to an aromatic ring is 1. The zero-order valence-corrected chi connectivity index (χ0v) is 11.5. The Morgan fingerprint density at radius 3 is 2.80 bits per heavy atom. The second-order valence-electron chi connectivity index (χ2n) is 4.89. The first-order valence-electron chi connectivity index (χ1n) is 6.47. The highest BCUT2D eigenvalue weighted by molar-refractivity contribution is 5.68. The SMILES string of the molecule is COc1ccc(N)cc1-c1nnnn1C1CC(OC)C1. The Morgan fingerprint density at radius 2 is 2.10 bits per heavy atom. The number of aromatic nitrogens is 4. The van der Waals surface area contributed by atoms with Crippen LogP contribution in [0.15, 0.2) is 18.2 Å². The lowest BCUT2D eigenvalue weighted by Gasteiger charge is -2.34. The van der Waals surface area contributed by atoms with Gasteiger partial charge < -0.3 is 15.2 Å². The minimum absolute atomic E-state index is 0.260. The number of nitrogens with zero attached hydrogens (tertiary/aromatic N) is 4. The third kappa shape index (κ3) is 2.09. The van der Waals surface area contributed by atoms with Crippen molar-refractivity contribution in [3.8, 4) is 17.1 Å². The average Bonchev–Trinajstić information content (AvgIpc) is 2.86. The molecule has 0 aliphatic heterocycles. The molecule has 1 aliphatic carbocycles. The molecule has 0 spiro atoms. The lowest BCUT2D eigenvalue weighted by molar-refractivity contribution is 0.00247. The number of hydrogen-bond donors (Lipinski definition) is 1. The van der Waals surface area contributed by atoms with Gasteiger partial charge in [-0.05, 0) is 41.5 Å². The zero-order valence-electron chi connectivity index (χ0n) is 11.5. The minimum Gasteiger partial charge on any atom is -0.496 e. The summed E-state index contributed by atoms with van der Waals surface area (Å²) >= 11 is 0. The first-order chi connectivity index (χ1) is 9.72. The maximum absolute atomic E-state index is 5.85. The second kappa shape index (κ2) is 5.09. The summed E-state index contributed by atoms with van der Waals surface area (Å²) < 4.78 is 12.5. The van der Waals surface area contributed by atoms with E-state index in [4.69, 9.17) is 15.2 Å². The van der Waals surface area contributed by atoms with E-state index < -0.39 is 0 Å². The smallest absolute Gasteiger partial charge is 0.186 e. The van der Waals surface area contributed by atoms with Gasteiger partial charge in [-0.1, -0.05) is 0 Å². The molecule has 0 bridgehead atoms. The maximum atomic E-state index is 5.85. The first kappa shape index (κ1) is 12.9. The van der Waals surface area contributed by atoms with Crippen molar-refractivity contribution in [1.29, 1.82) is 0 Å². The van der Waals surface area contributed by atoms with Gasteiger partial charge in [0.25, 0.3) is 0 Å². The topological polar surface area (TPSA) is 88.1 Å². The summed E-state index contributed by atoms with van der Waals surface area (Å²) in [5.74, 6) is 1.38. The van der Waals surface area contributed by atoms with E-state index in [1.165, 1.54) is 0 Å². The average molecular weight is 275 g/mol. The van der Waals surface area contributed by atoms with Crippen molar-refractivity contribution >= 4 is 5.69 Å². The minimum atomic E-state index is 0.260. The molecule has 3 rings (SSSR count). The second-order valence-corrected chi connectivity index (χ2v) is 4.89. The molecule has 0 radical (unpaired) electrons. The first-order valence-corrected chi connectivity index (χ1v) is 6.47. The van der Waals surface area contributed by atoms with Gasteiger partial charge in [0.2, 0.25) is 0 Å². The molecule has 2 aromatic rings. The van der Waals surface area contributed by atoms with E-state index in [9.17, 15) is 0 Å². The number of rotatable bonds is 4. The molecule has 20 heavy (non-hydrogen) atoms. The van der Waals surface area contributed by atoms with Crippen LogP contribution in [-0.2, 0) is 4.74 Å². The van der Waals surface area contributed by atoms with E-state index in [0.717, 1.165) is 18.4 Å². The Bertz CT molecular complexity index is 607. The summed E-state index contributed by atoms with van der Waals surface area (Å²) in [4.78, 5) is 0. The molecule has 1 aliphatic rings. The molecule has 0 amide bonds. The molecule has 0 unspecified atom stereocenters. The summed E-state index contributed by atoms with van der Waals surface area (Å²) in [7, 11) is 3.34. The molecule has 1 aromatic carbocycles. The van der Waals surface area contributed by atoms with Crippen LogP contribution >= 0.6 is 0 Å². The Morgan fingerprint density at radius 1 is 1.30 bits per heavy atom. The van der Waals surface area contributed by atoms with Crippen molar-refractivity contribution in [3.05, 3.63) is 18.2 Å². The quantitative estimate of drug-likeness (QED) is 0.846. The molecule has 1 heterocycles. The van der Waals surface area contributed by atoms with Crippen LogP contribution in [0.4, 0.5) is 5.69 Å². The van der Waals surface area contributed by atoms with E-state index in [0.29, 0.717) is 23.4 Å². The van der Waals surface area contributed by atoms with E-state index in [1.54, 1.807) is 20.3 Å². The van der Waals surface area contributed by atoms with Gasteiger partial charge in [-0.2, -0.15) is 0 Å². The van der Waals surface area contributed by atoms with Crippen molar-refractivity contribution in [3.63, 3.8) is 0 Å². The highest BCUT2D eigenvalue weighted by Crippen LogP contribution is 2.38. The number of methoxy groups -OCH3 is 2. The molecule has 0 atom stereocenters. The lowest BCUT2D eigenvalue weighted by atomic mass is 9.89. The van der Waals surface area contributed by atoms with E-state index in [2.05, 4.69) is 15.5 Å². The van der Waals surface area contributed by atoms with Crippen molar-refractivity contribution in [1.82, 2.24) is 20.2 Å². The molecular weight excluding hydrogens is 258 g/mol. The van der Waals surface area contributed by atoms with Gasteiger partial charge in [0, 0.05) is 12.8 Å². The summed E-state index contributed by atoms with van der Waals surface area (Å²) in [6, 6.07) is 5.70. The standard InChI is InChI=1S/C13H17N5O2/c1-19-10-6-9(7-10)18-13(15-16-17-18)11-5-8(14)3-4-12(11)20-2/h3-5,9-10H,6-7,14H2,1-2H3. The molecule has 2 N–H and O–H groups in total. The van der Waals surface area contributed by atoms with E-state index >= 15 is 0 Å². The fourth-order valence-corrected chi connectivity index (χ4v) is 2.45. The van der Waals surface area contributed by atoms with E-state index in [1.807, 2.05) is 16.8 Å². The van der Waals surface area contributed by atoms with Crippen molar-refractivity contribution in [2.24, 2.45) is 0 Å². The Labute approximate surface area is 116 Å². The fraction of sp³-hybridized carbons (Fsp3) is 0.462. The van der Waals surface area contributed by atoms with Gasteiger partial charge in [-0.3, -0.25) is 0 Å². The van der Waals surface area contributed by atoms with Crippen LogP contribution in [0.5, 0.6) is 5.75 Å². The number of tetrazole rings is 1. The molecule has 0 saturated heterocycles. The molecular formula is C13H17N5O2. The highest BCUT2D eigenvalue weighted by atomic mass is 16.5. The molecule has 1 fully saturated rings. The molecule has 7 nitrogen and oxygen atoms in total. The van der Waals surface area contributed by atoms with E-state index in [-0.39, 0.29) is 6.04 Å². The van der Waals surface area contributed by atoms with Crippen molar-refractivity contribution in [2.75, 3.05) is 20.0 Å². The molecule has 106 valence electrons. The zero-order chi connectivity index (χ0) is 14.1. The van der Waals surface area contributed by atoms with Crippen molar-refractivity contribution < 1.29 is 9.47 Å². The number of anilines is 1. The van der Waals surface area contributed by atoms with Gasteiger partial charge in [0.15, 0.2) is 5.82 Å². The third-order valence-corrected chi connectivity index (χ3v) is 3.71. The van der Waals surface area contributed by atoms with Gasteiger partial charge in [-0.15, -0.1) is 5.10 Å². The lowest BCUT2D eigenvalue weighted by Crippen LogP contribution is -2.33. The molecule has 7 heteroatoms. The largest absolute Gasteiger partial charge is 0.496 e. The molecule has 1 aromatic heterocycles. The predicted molar refractivity (Wildman–Crippen MR) is 73.3 cm³/mol. The summed E-state index contributed by atoms with van der Waals surface area (Å²) in [6.07, 6.45) is 2.12. The number of nitrogens with two attached hydrogens (primary N) is 1. The Kier molecular flexibility index (Phi) is 3.27. The number of ether oxygens (including phenoxy) is 2. The number of hydrogen-bond acceptors (Lipinski definition) is 6. The van der Waals surface area contributed by atoms with Crippen molar-refractivity contribution in [2.45, 2.75) is 25.0 Å². The molecule has 1 saturated carbocycles. The van der Waals surface area contributed by atoms with Crippen LogP contribution in [0, 0.1) is 0 Å². The fourth-order valence-electron chi connectivity index (χ4n) is 2.45. The summed E-state index contributed by atoms with van der Waals surface area (Å²) in [5.41, 5.74) is 7.31. The van der Waals surface area contributed by atoms with Gasteiger partial charge >= 0.3 is 0 Å². The highest BCUT2D eigenvalue weighted by Gasteiger charge is 2.33. The Hall–Kier alpha value is -2.15. The monoisotopic (exact) mass is 275 g/mol. The Balaban J connectivity index is 1.96. The summed E-state index contributed by atoms with van der Waals surface area (Å²) in [6.45, 7) is 0. The van der Waals surface area contributed by atoms with Crippen LogP contribution < -0.4 is 10.5 Å². The maximum Gasteiger partial charge on any atom is 0.186 e. The van der Waals surface area contributed by atoms with Crippen LogP contribution in [0.3, 0.4) is 0 Å². The summed E-state index contributed by atoms with van der Waals surface area (Å²) in [5, 5.41) is 12.0. The number of benzene rings is 1. The normalized spacial score (nSPS) is 21.5. The van der Waals surface area contributed by atoms with Crippen LogP contribution in [0.2, 0.25) is 0 Å². The van der Waals surface area contributed by atoms with Gasteiger partial charge in [-0.25, -0.2) is 4.68 Å². The van der Waals surface area contributed by atoms with Crippen LogP contribution in [0.1, 0.15) is 18.9 Å².